The summed E-state index contributed by atoms with van der Waals surface area (Å²) < 4.78 is 7.56. The van der Waals surface area contributed by atoms with Gasteiger partial charge in [0.1, 0.15) is 5.16 Å². The van der Waals surface area contributed by atoms with Gasteiger partial charge in [-0.25, -0.2) is 4.63 Å². The van der Waals surface area contributed by atoms with Gasteiger partial charge in [0.15, 0.2) is 11.5 Å². The zero-order valence-corrected chi connectivity index (χ0v) is 20.1. The number of hydrogen-bond acceptors (Lipinski definition) is 7. The molecule has 2 rings (SSSR count). The summed E-state index contributed by atoms with van der Waals surface area (Å²) in [4.78, 5) is 19.3. The van der Waals surface area contributed by atoms with Gasteiger partial charge in [-0.15, -0.1) is 0 Å². The first-order chi connectivity index (χ1) is 13.6. The lowest BCUT2D eigenvalue weighted by Gasteiger charge is -2.37. The van der Waals surface area contributed by atoms with E-state index in [9.17, 15) is 4.79 Å². The van der Waals surface area contributed by atoms with Gasteiger partial charge in [0.05, 0.1) is 11.6 Å². The number of carbonyl (C=O) groups is 1. The Balaban J connectivity index is 2.24. The maximum atomic E-state index is 12.6. The molecule has 1 amide bonds. The topological polar surface area (TPSA) is 95.7 Å². The van der Waals surface area contributed by atoms with Crippen LogP contribution in [0.1, 0.15) is 38.8 Å². The van der Waals surface area contributed by atoms with E-state index in [2.05, 4.69) is 69.5 Å². The van der Waals surface area contributed by atoms with Gasteiger partial charge >= 0.3 is 0 Å². The highest BCUT2D eigenvalue weighted by molar-refractivity contribution is 9.09. The van der Waals surface area contributed by atoms with Crippen molar-refractivity contribution in [3.05, 3.63) is 29.1 Å². The second kappa shape index (κ2) is 9.99. The maximum absolute atomic E-state index is 12.6. The second-order valence-corrected chi connectivity index (χ2v) is 9.38. The van der Waals surface area contributed by atoms with Crippen molar-refractivity contribution in [3.63, 3.8) is 0 Å². The zero-order chi connectivity index (χ0) is 21.8. The Kier molecular flexibility index (Phi) is 8.18. The van der Waals surface area contributed by atoms with Gasteiger partial charge in [0, 0.05) is 18.9 Å². The Labute approximate surface area is 189 Å². The lowest BCUT2D eigenvalue weighted by molar-refractivity contribution is -0.112. The summed E-state index contributed by atoms with van der Waals surface area (Å²) >= 11 is 14.1. The first kappa shape index (κ1) is 23.8. The fraction of sp³-hybridized carbons (Fsp3) is 0.556. The van der Waals surface area contributed by atoms with E-state index in [1.807, 2.05) is 0 Å². The average Bonchev–Trinajstić information content (AvgIpc) is 3.11. The molecule has 2 unspecified atom stereocenters. The number of amidine groups is 1. The number of thiol groups is 1. The van der Waals surface area contributed by atoms with Crippen LogP contribution in [-0.4, -0.2) is 51.9 Å². The van der Waals surface area contributed by atoms with E-state index < -0.39 is 5.91 Å². The SMILES string of the molecule is C=C/C(C(=O)Nc1nonc1C(=NC1CCC(C)(C)C(Br)C1)NS)=C(/Cl)N(C)C. The molecule has 29 heavy (non-hydrogen) atoms. The molecule has 2 atom stereocenters. The number of anilines is 1. The molecule has 11 heteroatoms. The Morgan fingerprint density at radius 1 is 1.48 bits per heavy atom. The van der Waals surface area contributed by atoms with E-state index in [0.717, 1.165) is 19.3 Å². The first-order valence-corrected chi connectivity index (χ1v) is 10.8. The summed E-state index contributed by atoms with van der Waals surface area (Å²) in [5.74, 6) is -0.00404. The summed E-state index contributed by atoms with van der Waals surface area (Å²) in [6.07, 6.45) is 4.22. The molecule has 0 radical (unpaired) electrons. The van der Waals surface area contributed by atoms with Crippen LogP contribution in [0, 0.1) is 5.41 Å². The third-order valence-electron chi connectivity index (χ3n) is 4.87. The van der Waals surface area contributed by atoms with Crippen LogP contribution in [0.3, 0.4) is 0 Å². The van der Waals surface area contributed by atoms with E-state index in [0.29, 0.717) is 10.7 Å². The fourth-order valence-electron chi connectivity index (χ4n) is 2.93. The highest BCUT2D eigenvalue weighted by Gasteiger charge is 2.35. The lowest BCUT2D eigenvalue weighted by atomic mass is 9.75. The van der Waals surface area contributed by atoms with Crippen LogP contribution in [0.15, 0.2) is 33.0 Å². The molecule has 0 bridgehead atoms. The molecular weight excluding hydrogens is 480 g/mol. The van der Waals surface area contributed by atoms with Crippen molar-refractivity contribution in [2.24, 2.45) is 10.4 Å². The van der Waals surface area contributed by atoms with Crippen molar-refractivity contribution in [2.75, 3.05) is 19.4 Å². The molecule has 1 aromatic heterocycles. The number of amides is 1. The summed E-state index contributed by atoms with van der Waals surface area (Å²) in [7, 11) is 3.45. The van der Waals surface area contributed by atoms with Gasteiger partial charge in [0.2, 0.25) is 5.82 Å². The predicted octanol–water partition coefficient (Wildman–Crippen LogP) is 3.73. The summed E-state index contributed by atoms with van der Waals surface area (Å²) in [5.41, 5.74) is 0.669. The van der Waals surface area contributed by atoms with Crippen molar-refractivity contribution in [1.29, 1.82) is 0 Å². The fourth-order valence-corrected chi connectivity index (χ4v) is 3.91. The summed E-state index contributed by atoms with van der Waals surface area (Å²) in [5, 5.41) is 10.5. The molecule has 1 aromatic rings. The minimum Gasteiger partial charge on any atom is -0.368 e. The molecule has 0 spiro atoms. The highest BCUT2D eigenvalue weighted by Crippen LogP contribution is 2.41. The van der Waals surface area contributed by atoms with E-state index in [1.165, 1.54) is 6.08 Å². The molecule has 1 aliphatic carbocycles. The molecule has 2 N–H and O–H groups in total. The van der Waals surface area contributed by atoms with Gasteiger partial charge in [-0.05, 0) is 35.0 Å². The van der Waals surface area contributed by atoms with Crippen LogP contribution in [0.25, 0.3) is 0 Å². The highest BCUT2D eigenvalue weighted by atomic mass is 79.9. The quantitative estimate of drug-likeness (QED) is 0.104. The number of alkyl halides is 1. The van der Waals surface area contributed by atoms with Crippen LogP contribution < -0.4 is 10.0 Å². The van der Waals surface area contributed by atoms with E-state index >= 15 is 0 Å². The number of aromatic nitrogens is 2. The van der Waals surface area contributed by atoms with Gasteiger partial charge in [0.25, 0.3) is 5.91 Å². The minimum absolute atomic E-state index is 0.0779. The van der Waals surface area contributed by atoms with E-state index in [4.69, 9.17) is 21.2 Å². The third kappa shape index (κ3) is 5.76. The minimum atomic E-state index is -0.492. The van der Waals surface area contributed by atoms with Crippen molar-refractivity contribution in [1.82, 2.24) is 19.9 Å². The molecule has 0 saturated heterocycles. The molecule has 1 aliphatic rings. The number of nitrogens with one attached hydrogen (secondary N) is 2. The smallest absolute Gasteiger partial charge is 0.259 e. The Morgan fingerprint density at radius 3 is 2.72 bits per heavy atom. The monoisotopic (exact) mass is 504 g/mol. The van der Waals surface area contributed by atoms with Crippen LogP contribution >= 0.6 is 40.3 Å². The predicted molar refractivity (Wildman–Crippen MR) is 122 cm³/mol. The van der Waals surface area contributed by atoms with Crippen LogP contribution in [0.2, 0.25) is 0 Å². The Morgan fingerprint density at radius 2 is 2.17 bits per heavy atom. The molecule has 1 heterocycles. The molecule has 8 nitrogen and oxygen atoms in total. The molecule has 1 saturated carbocycles. The Hall–Kier alpha value is -1.52. The molecular formula is C18H26BrClN6O2S. The van der Waals surface area contributed by atoms with Gasteiger partial charge in [-0.3, -0.25) is 9.79 Å². The van der Waals surface area contributed by atoms with Crippen molar-refractivity contribution in [3.8, 4) is 0 Å². The molecule has 160 valence electrons. The zero-order valence-electron chi connectivity index (χ0n) is 16.9. The number of nitrogens with zero attached hydrogens (tertiary/aromatic N) is 4. The summed E-state index contributed by atoms with van der Waals surface area (Å²) in [6, 6.07) is 0.0779. The van der Waals surface area contributed by atoms with Gasteiger partial charge in [-0.1, -0.05) is 66.8 Å². The van der Waals surface area contributed by atoms with Crippen molar-refractivity contribution in [2.45, 2.75) is 44.0 Å². The molecule has 0 aliphatic heterocycles. The van der Waals surface area contributed by atoms with Gasteiger partial charge < -0.3 is 14.9 Å². The number of hydrogen-bond donors (Lipinski definition) is 3. The van der Waals surface area contributed by atoms with Crippen molar-refractivity contribution >= 4 is 57.9 Å². The largest absolute Gasteiger partial charge is 0.368 e. The molecule has 1 fully saturated rings. The summed E-state index contributed by atoms with van der Waals surface area (Å²) in [6.45, 7) is 8.12. The van der Waals surface area contributed by atoms with E-state index in [1.54, 1.807) is 19.0 Å². The first-order valence-electron chi connectivity index (χ1n) is 9.06. The van der Waals surface area contributed by atoms with Crippen LogP contribution in [0.5, 0.6) is 0 Å². The average molecular weight is 506 g/mol. The lowest BCUT2D eigenvalue weighted by Crippen LogP contribution is -2.35. The van der Waals surface area contributed by atoms with Gasteiger partial charge in [-0.2, -0.15) is 0 Å². The Bertz CT molecular complexity index is 823. The van der Waals surface area contributed by atoms with E-state index in [-0.39, 0.29) is 33.7 Å². The van der Waals surface area contributed by atoms with Crippen LogP contribution in [-0.2, 0) is 4.79 Å². The normalized spacial score (nSPS) is 22.5. The number of rotatable bonds is 6. The van der Waals surface area contributed by atoms with Crippen molar-refractivity contribution < 1.29 is 9.42 Å². The number of aliphatic imine (C=N–C) groups is 1. The third-order valence-corrected chi connectivity index (χ3v) is 7.24. The van der Waals surface area contributed by atoms with Crippen LogP contribution in [0.4, 0.5) is 5.82 Å². The number of halogens is 2. The number of carbonyl (C=O) groups excluding carboxylic acids is 1. The second-order valence-electron chi connectivity index (χ2n) is 7.69. The standard InChI is InChI=1S/C18H26BrClN6O2S/c1-6-11(14(20)26(4)5)17(27)22-15-13(23-28-24-15)16(25-29)21-10-7-8-18(2,3)12(19)9-10/h6,10,12,29H,1,7-9H2,2-5H3,(H,21,25)(H,22,24,27)/b14-11+. The molecule has 0 aromatic carbocycles. The maximum Gasteiger partial charge on any atom is 0.259 e.